The highest BCUT2D eigenvalue weighted by Gasteiger charge is 2.19. The molecular weight excluding hydrogens is 184 g/mol. The highest BCUT2D eigenvalue weighted by molar-refractivity contribution is 6.31. The monoisotopic (exact) mass is 194 g/mol. The van der Waals surface area contributed by atoms with Crippen LogP contribution in [0.5, 0.6) is 0 Å². The Hall–Kier alpha value is -1.02. The Bertz CT molecular complexity index is 369. The van der Waals surface area contributed by atoms with Crippen LogP contribution in [0, 0.1) is 0 Å². The molecule has 1 aliphatic rings. The first-order valence-electron chi connectivity index (χ1n) is 4.20. The average Bonchev–Trinajstić information content (AvgIpc) is 2.05. The molecule has 0 aromatic heterocycles. The van der Waals surface area contributed by atoms with Gasteiger partial charge in [0, 0.05) is 22.5 Å². The Morgan fingerprint density at radius 2 is 2.15 bits per heavy atom. The first-order chi connectivity index (χ1) is 6.07. The van der Waals surface area contributed by atoms with Gasteiger partial charge in [-0.15, -0.1) is 0 Å². The number of hydrogen-bond donors (Lipinski definition) is 1. The van der Waals surface area contributed by atoms with Crippen LogP contribution in [0.3, 0.4) is 0 Å². The molecule has 0 saturated heterocycles. The number of benzene rings is 1. The van der Waals surface area contributed by atoms with E-state index in [4.69, 9.17) is 11.6 Å². The van der Waals surface area contributed by atoms with Gasteiger partial charge in [-0.3, -0.25) is 4.99 Å². The van der Waals surface area contributed by atoms with Gasteiger partial charge in [-0.1, -0.05) is 11.6 Å². The van der Waals surface area contributed by atoms with Gasteiger partial charge in [-0.2, -0.15) is 0 Å². The lowest BCUT2D eigenvalue weighted by atomic mass is 10.1. The second kappa shape index (κ2) is 2.74. The summed E-state index contributed by atoms with van der Waals surface area (Å²) in [4.78, 5) is 4.35. The fourth-order valence-corrected chi connectivity index (χ4v) is 1.53. The predicted octanol–water partition coefficient (Wildman–Crippen LogP) is 2.92. The summed E-state index contributed by atoms with van der Waals surface area (Å²) in [6.45, 7) is 4.06. The van der Waals surface area contributed by atoms with Crippen LogP contribution in [0.1, 0.15) is 19.4 Å². The van der Waals surface area contributed by atoms with Gasteiger partial charge in [-0.05, 0) is 32.0 Å². The molecule has 0 bridgehead atoms. The highest BCUT2D eigenvalue weighted by atomic mass is 35.5. The quantitative estimate of drug-likeness (QED) is 0.675. The molecule has 0 radical (unpaired) electrons. The maximum absolute atomic E-state index is 5.86. The van der Waals surface area contributed by atoms with Crippen molar-refractivity contribution in [1.29, 1.82) is 0 Å². The molecule has 0 unspecified atom stereocenters. The highest BCUT2D eigenvalue weighted by Crippen LogP contribution is 2.26. The summed E-state index contributed by atoms with van der Waals surface area (Å²) in [5, 5.41) is 4.05. The fraction of sp³-hybridized carbons (Fsp3) is 0.300. The van der Waals surface area contributed by atoms with Crippen molar-refractivity contribution in [3.05, 3.63) is 28.8 Å². The van der Waals surface area contributed by atoms with Crippen molar-refractivity contribution in [2.45, 2.75) is 19.5 Å². The topological polar surface area (TPSA) is 24.4 Å². The second-order valence-corrected chi connectivity index (χ2v) is 4.11. The van der Waals surface area contributed by atoms with Gasteiger partial charge < -0.3 is 5.32 Å². The lowest BCUT2D eigenvalue weighted by molar-refractivity contribution is 0.600. The largest absolute Gasteiger partial charge is 0.361 e. The van der Waals surface area contributed by atoms with Crippen molar-refractivity contribution in [2.24, 2.45) is 4.99 Å². The number of halogens is 1. The third-order valence-electron chi connectivity index (χ3n) is 1.98. The molecule has 1 N–H and O–H groups in total. The molecule has 0 saturated carbocycles. The Balaban J connectivity index is 2.47. The maximum Gasteiger partial charge on any atom is 0.123 e. The first-order valence-corrected chi connectivity index (χ1v) is 4.58. The van der Waals surface area contributed by atoms with Crippen LogP contribution in [0.25, 0.3) is 0 Å². The second-order valence-electron chi connectivity index (χ2n) is 3.67. The van der Waals surface area contributed by atoms with Crippen LogP contribution in [-0.4, -0.2) is 11.9 Å². The number of aliphatic imine (C=N–C) groups is 1. The van der Waals surface area contributed by atoms with Crippen LogP contribution in [0.15, 0.2) is 23.2 Å². The van der Waals surface area contributed by atoms with Crippen molar-refractivity contribution in [3.63, 3.8) is 0 Å². The third-order valence-corrected chi connectivity index (χ3v) is 2.22. The summed E-state index contributed by atoms with van der Waals surface area (Å²) >= 11 is 5.86. The van der Waals surface area contributed by atoms with E-state index in [1.165, 1.54) is 0 Å². The summed E-state index contributed by atoms with van der Waals surface area (Å²) in [5.74, 6) is 0. The molecule has 1 heterocycles. The van der Waals surface area contributed by atoms with Gasteiger partial charge in [0.1, 0.15) is 5.66 Å². The predicted molar refractivity (Wildman–Crippen MR) is 56.7 cm³/mol. The van der Waals surface area contributed by atoms with Gasteiger partial charge in [-0.25, -0.2) is 0 Å². The summed E-state index contributed by atoms with van der Waals surface area (Å²) in [5.41, 5.74) is 1.93. The van der Waals surface area contributed by atoms with Crippen molar-refractivity contribution < 1.29 is 0 Å². The SMILES string of the molecule is CC1(C)N=Cc2cc(Cl)ccc2N1. The summed E-state index contributed by atoms with van der Waals surface area (Å²) in [6.07, 6.45) is 1.86. The first kappa shape index (κ1) is 8.57. The van der Waals surface area contributed by atoms with E-state index in [1.54, 1.807) is 0 Å². The number of anilines is 1. The third kappa shape index (κ3) is 1.68. The number of nitrogens with zero attached hydrogens (tertiary/aromatic N) is 1. The molecule has 0 spiro atoms. The van der Waals surface area contributed by atoms with Gasteiger partial charge in [0.25, 0.3) is 0 Å². The van der Waals surface area contributed by atoms with E-state index in [2.05, 4.69) is 10.3 Å². The summed E-state index contributed by atoms with van der Waals surface area (Å²) in [7, 11) is 0. The lowest BCUT2D eigenvalue weighted by Crippen LogP contribution is -2.31. The Morgan fingerprint density at radius 1 is 1.38 bits per heavy atom. The number of fused-ring (bicyclic) bond motifs is 1. The van der Waals surface area contributed by atoms with Crippen molar-refractivity contribution in [2.75, 3.05) is 5.32 Å². The van der Waals surface area contributed by atoms with Crippen LogP contribution < -0.4 is 5.32 Å². The minimum atomic E-state index is -0.208. The van der Waals surface area contributed by atoms with Crippen LogP contribution in [-0.2, 0) is 0 Å². The van der Waals surface area contributed by atoms with Crippen LogP contribution in [0.4, 0.5) is 5.69 Å². The van der Waals surface area contributed by atoms with Crippen molar-refractivity contribution in [3.8, 4) is 0 Å². The lowest BCUT2D eigenvalue weighted by Gasteiger charge is -2.27. The van der Waals surface area contributed by atoms with Crippen LogP contribution in [0.2, 0.25) is 5.02 Å². The zero-order chi connectivity index (χ0) is 9.47. The van der Waals surface area contributed by atoms with Gasteiger partial charge in [0.05, 0.1) is 0 Å². The molecule has 1 aromatic carbocycles. The smallest absolute Gasteiger partial charge is 0.123 e. The molecule has 2 rings (SSSR count). The zero-order valence-electron chi connectivity index (χ0n) is 7.63. The van der Waals surface area contributed by atoms with E-state index < -0.39 is 0 Å². The number of nitrogens with one attached hydrogen (secondary N) is 1. The van der Waals surface area contributed by atoms with Crippen LogP contribution >= 0.6 is 11.6 Å². The number of rotatable bonds is 0. The van der Waals surface area contributed by atoms with Gasteiger partial charge in [0.2, 0.25) is 0 Å². The van der Waals surface area contributed by atoms with Crippen molar-refractivity contribution >= 4 is 23.5 Å². The summed E-state index contributed by atoms with van der Waals surface area (Å²) in [6, 6.07) is 5.76. The normalized spacial score (nSPS) is 17.8. The molecule has 1 aliphatic heterocycles. The van der Waals surface area contributed by atoms with E-state index >= 15 is 0 Å². The average molecular weight is 195 g/mol. The molecule has 0 fully saturated rings. The zero-order valence-corrected chi connectivity index (χ0v) is 8.39. The number of hydrogen-bond acceptors (Lipinski definition) is 2. The molecule has 0 amide bonds. The Kier molecular flexibility index (Phi) is 1.81. The van der Waals surface area contributed by atoms with Gasteiger partial charge >= 0.3 is 0 Å². The van der Waals surface area contributed by atoms with Crippen molar-refractivity contribution in [1.82, 2.24) is 0 Å². The standard InChI is InChI=1S/C10H11ClN2/c1-10(2)12-6-7-5-8(11)3-4-9(7)13-10/h3-6,13H,1-2H3. The Morgan fingerprint density at radius 3 is 2.92 bits per heavy atom. The van der Waals surface area contributed by atoms with E-state index in [1.807, 2.05) is 38.3 Å². The molecule has 13 heavy (non-hydrogen) atoms. The minimum Gasteiger partial charge on any atom is -0.361 e. The van der Waals surface area contributed by atoms with E-state index in [-0.39, 0.29) is 5.66 Å². The van der Waals surface area contributed by atoms with E-state index in [0.717, 1.165) is 16.3 Å². The van der Waals surface area contributed by atoms with E-state index in [0.29, 0.717) is 0 Å². The van der Waals surface area contributed by atoms with E-state index in [9.17, 15) is 0 Å². The molecule has 68 valence electrons. The molecular formula is C10H11ClN2. The molecule has 2 nitrogen and oxygen atoms in total. The summed E-state index contributed by atoms with van der Waals surface area (Å²) < 4.78 is 0. The molecule has 1 aromatic rings. The van der Waals surface area contributed by atoms with Gasteiger partial charge in [0.15, 0.2) is 0 Å². The molecule has 3 heteroatoms. The minimum absolute atomic E-state index is 0.208. The molecule has 0 aliphatic carbocycles. The molecule has 0 atom stereocenters. The fourth-order valence-electron chi connectivity index (χ4n) is 1.35. The Labute approximate surface area is 82.6 Å². The maximum atomic E-state index is 5.86.